The van der Waals surface area contributed by atoms with Crippen molar-refractivity contribution < 1.29 is 4.79 Å². The lowest BCUT2D eigenvalue weighted by atomic mass is 10.2. The summed E-state index contributed by atoms with van der Waals surface area (Å²) in [6.07, 6.45) is 1.52. The van der Waals surface area contributed by atoms with Crippen molar-refractivity contribution in [1.29, 1.82) is 0 Å². The summed E-state index contributed by atoms with van der Waals surface area (Å²) < 4.78 is 0. The molecule has 0 aliphatic carbocycles. The molecule has 0 radical (unpaired) electrons. The molecule has 2 rings (SSSR count). The van der Waals surface area contributed by atoms with Crippen molar-refractivity contribution in [3.05, 3.63) is 33.8 Å². The largest absolute Gasteiger partial charge is 0.303 e. The molecule has 0 atom stereocenters. The fourth-order valence-electron chi connectivity index (χ4n) is 1.18. The van der Waals surface area contributed by atoms with Crippen molar-refractivity contribution in [3.8, 4) is 0 Å². The second-order valence-electron chi connectivity index (χ2n) is 3.19. The van der Waals surface area contributed by atoms with Gasteiger partial charge in [0.05, 0.1) is 12.0 Å². The lowest BCUT2D eigenvalue weighted by Crippen LogP contribution is -2.19. The van der Waals surface area contributed by atoms with Crippen LogP contribution in [0.25, 0.3) is 0 Å². The average Bonchev–Trinajstić information content (AvgIpc) is 2.63. The van der Waals surface area contributed by atoms with Crippen molar-refractivity contribution in [2.45, 2.75) is 0 Å². The van der Waals surface area contributed by atoms with Crippen LogP contribution in [0.4, 0.5) is 0 Å². The van der Waals surface area contributed by atoms with Crippen molar-refractivity contribution in [2.24, 2.45) is 10.2 Å². The first-order valence-electron chi connectivity index (χ1n) is 4.63. The Morgan fingerprint density at radius 3 is 2.59 bits per heavy atom. The number of hydrogen-bond acceptors (Lipinski definition) is 4. The number of hydrogen-bond donors (Lipinski definition) is 1. The van der Waals surface area contributed by atoms with E-state index in [4.69, 9.17) is 23.2 Å². The van der Waals surface area contributed by atoms with Crippen LogP contribution >= 0.6 is 35.0 Å². The van der Waals surface area contributed by atoms with Crippen LogP contribution in [0.15, 0.2) is 28.4 Å². The lowest BCUT2D eigenvalue weighted by molar-refractivity contribution is -0.116. The van der Waals surface area contributed by atoms with Gasteiger partial charge in [-0.3, -0.25) is 4.79 Å². The Bertz CT molecular complexity index is 496. The van der Waals surface area contributed by atoms with Gasteiger partial charge in [0, 0.05) is 10.0 Å². The van der Waals surface area contributed by atoms with E-state index in [1.165, 1.54) is 18.0 Å². The number of carbonyl (C=O) groups is 1. The number of halogens is 2. The summed E-state index contributed by atoms with van der Waals surface area (Å²) in [7, 11) is 0. The minimum Gasteiger partial charge on any atom is -0.303 e. The quantitative estimate of drug-likeness (QED) is 0.671. The molecule has 88 valence electrons. The molecule has 7 heteroatoms. The predicted molar refractivity (Wildman–Crippen MR) is 72.1 cm³/mol. The number of benzene rings is 1. The predicted octanol–water partition coefficient (Wildman–Crippen LogP) is 2.55. The van der Waals surface area contributed by atoms with Gasteiger partial charge in [0.15, 0.2) is 5.17 Å². The summed E-state index contributed by atoms with van der Waals surface area (Å²) in [5.74, 6) is 0.326. The second-order valence-corrected chi connectivity index (χ2v) is 5.03. The minimum absolute atomic E-state index is 0.0604. The molecule has 1 aliphatic rings. The van der Waals surface area contributed by atoms with Crippen LogP contribution in [0.2, 0.25) is 10.0 Å². The summed E-state index contributed by atoms with van der Waals surface area (Å²) in [5, 5.41) is 11.9. The Morgan fingerprint density at radius 2 is 2.00 bits per heavy atom. The Labute approximate surface area is 112 Å². The van der Waals surface area contributed by atoms with E-state index in [0.717, 1.165) is 5.56 Å². The molecule has 1 aromatic carbocycles. The highest BCUT2D eigenvalue weighted by Gasteiger charge is 2.15. The van der Waals surface area contributed by atoms with E-state index < -0.39 is 0 Å². The standard InChI is InChI=1S/C10H7Cl2N3OS/c11-7-1-6(2-8(12)3-7)4-13-15-10-14-9(16)5-17-10/h1-4H,5H2,(H,14,15,16). The lowest BCUT2D eigenvalue weighted by Gasteiger charge is -1.95. The molecule has 1 amide bonds. The highest BCUT2D eigenvalue weighted by atomic mass is 35.5. The maximum Gasteiger partial charge on any atom is 0.236 e. The summed E-state index contributed by atoms with van der Waals surface area (Å²) >= 11 is 13.0. The fraction of sp³-hybridized carbons (Fsp3) is 0.100. The zero-order valence-corrected chi connectivity index (χ0v) is 10.8. The zero-order chi connectivity index (χ0) is 12.3. The number of nitrogens with zero attached hydrogens (tertiary/aromatic N) is 2. The third kappa shape index (κ3) is 3.73. The number of thioether (sulfide) groups is 1. The van der Waals surface area contributed by atoms with Gasteiger partial charge in [-0.05, 0) is 23.8 Å². The van der Waals surface area contributed by atoms with Gasteiger partial charge in [-0.2, -0.15) is 5.10 Å². The minimum atomic E-state index is -0.0604. The maximum absolute atomic E-state index is 10.9. The number of rotatable bonds is 2. The highest BCUT2D eigenvalue weighted by Crippen LogP contribution is 2.18. The van der Waals surface area contributed by atoms with E-state index in [9.17, 15) is 4.79 Å². The Morgan fingerprint density at radius 1 is 1.29 bits per heavy atom. The van der Waals surface area contributed by atoms with E-state index in [1.807, 2.05) is 0 Å². The van der Waals surface area contributed by atoms with E-state index in [2.05, 4.69) is 15.5 Å². The first-order chi connectivity index (χ1) is 8.13. The van der Waals surface area contributed by atoms with Gasteiger partial charge < -0.3 is 5.32 Å². The van der Waals surface area contributed by atoms with Crippen molar-refractivity contribution in [1.82, 2.24) is 5.32 Å². The van der Waals surface area contributed by atoms with Crippen LogP contribution in [-0.2, 0) is 4.79 Å². The molecule has 1 heterocycles. The first kappa shape index (κ1) is 12.4. The summed E-state index contributed by atoms with van der Waals surface area (Å²) in [6, 6.07) is 5.08. The summed E-state index contributed by atoms with van der Waals surface area (Å²) in [5.41, 5.74) is 0.751. The molecule has 1 aliphatic heterocycles. The molecule has 0 unspecified atom stereocenters. The molecule has 17 heavy (non-hydrogen) atoms. The summed E-state index contributed by atoms with van der Waals surface area (Å²) in [4.78, 5) is 10.9. The third-order valence-corrected chi connectivity index (χ3v) is 3.13. The Kier molecular flexibility index (Phi) is 4.04. The van der Waals surface area contributed by atoms with E-state index in [0.29, 0.717) is 21.0 Å². The number of carbonyl (C=O) groups excluding carboxylic acids is 1. The SMILES string of the molecule is O=C1CSC(=NN=Cc2cc(Cl)cc(Cl)c2)N1. The van der Waals surface area contributed by atoms with E-state index in [-0.39, 0.29) is 5.91 Å². The number of nitrogens with one attached hydrogen (secondary N) is 1. The van der Waals surface area contributed by atoms with Crippen LogP contribution in [0.1, 0.15) is 5.56 Å². The maximum atomic E-state index is 10.9. The van der Waals surface area contributed by atoms with Crippen LogP contribution in [0, 0.1) is 0 Å². The Hall–Kier alpha value is -1.04. The van der Waals surface area contributed by atoms with Gasteiger partial charge in [-0.15, -0.1) is 5.10 Å². The zero-order valence-electron chi connectivity index (χ0n) is 8.48. The summed E-state index contributed by atoms with van der Waals surface area (Å²) in [6.45, 7) is 0. The fourth-order valence-corrected chi connectivity index (χ4v) is 2.35. The molecule has 0 saturated carbocycles. The van der Waals surface area contributed by atoms with Crippen molar-refractivity contribution >= 4 is 52.3 Å². The van der Waals surface area contributed by atoms with Crippen LogP contribution < -0.4 is 5.32 Å². The van der Waals surface area contributed by atoms with Crippen molar-refractivity contribution in [3.63, 3.8) is 0 Å². The molecule has 0 spiro atoms. The average molecular weight is 288 g/mol. The van der Waals surface area contributed by atoms with Crippen LogP contribution in [0.5, 0.6) is 0 Å². The smallest absolute Gasteiger partial charge is 0.236 e. The molecule has 1 aromatic rings. The van der Waals surface area contributed by atoms with E-state index >= 15 is 0 Å². The molecule has 4 nitrogen and oxygen atoms in total. The van der Waals surface area contributed by atoms with Gasteiger partial charge in [0.1, 0.15) is 0 Å². The van der Waals surface area contributed by atoms with Crippen molar-refractivity contribution in [2.75, 3.05) is 5.75 Å². The first-order valence-corrected chi connectivity index (χ1v) is 6.37. The molecule has 0 aromatic heterocycles. The molecular formula is C10H7Cl2N3OS. The topological polar surface area (TPSA) is 53.8 Å². The van der Waals surface area contributed by atoms with Crippen LogP contribution in [-0.4, -0.2) is 23.0 Å². The number of amidine groups is 1. The highest BCUT2D eigenvalue weighted by molar-refractivity contribution is 8.15. The molecule has 1 saturated heterocycles. The molecule has 0 bridgehead atoms. The van der Waals surface area contributed by atoms with Gasteiger partial charge in [0.2, 0.25) is 5.91 Å². The van der Waals surface area contributed by atoms with Gasteiger partial charge in [-0.1, -0.05) is 35.0 Å². The van der Waals surface area contributed by atoms with Crippen LogP contribution in [0.3, 0.4) is 0 Å². The van der Waals surface area contributed by atoms with E-state index in [1.54, 1.807) is 18.2 Å². The molecule has 1 fully saturated rings. The molecular weight excluding hydrogens is 281 g/mol. The van der Waals surface area contributed by atoms with Gasteiger partial charge in [0.25, 0.3) is 0 Å². The number of amides is 1. The normalized spacial score (nSPS) is 18.0. The third-order valence-electron chi connectivity index (χ3n) is 1.83. The van der Waals surface area contributed by atoms with Gasteiger partial charge >= 0.3 is 0 Å². The molecule has 1 N–H and O–H groups in total. The second kappa shape index (κ2) is 5.53. The monoisotopic (exact) mass is 287 g/mol. The Balaban J connectivity index is 2.07. The van der Waals surface area contributed by atoms with Gasteiger partial charge in [-0.25, -0.2) is 0 Å².